The molecule has 0 spiro atoms. The van der Waals surface area contributed by atoms with Crippen LogP contribution in [-0.2, 0) is 4.74 Å². The Morgan fingerprint density at radius 2 is 2.24 bits per heavy atom. The van der Waals surface area contributed by atoms with E-state index in [9.17, 15) is 4.79 Å². The molecule has 0 saturated carbocycles. The molecule has 4 nitrogen and oxygen atoms in total. The molecular formula is C12H14N2O2S. The number of nitrogen functional groups attached to an aromatic ring is 1. The summed E-state index contributed by atoms with van der Waals surface area (Å²) in [6, 6.07) is 1.88. The molecule has 5 heteroatoms. The molecule has 0 aliphatic rings. The second kappa shape index (κ2) is 4.33. The molecular weight excluding hydrogens is 236 g/mol. The molecule has 0 aromatic carbocycles. The van der Waals surface area contributed by atoms with Gasteiger partial charge in [-0.15, -0.1) is 11.3 Å². The average molecular weight is 250 g/mol. The van der Waals surface area contributed by atoms with Gasteiger partial charge in [-0.05, 0) is 32.4 Å². The molecule has 0 aliphatic heterocycles. The van der Waals surface area contributed by atoms with Gasteiger partial charge >= 0.3 is 5.97 Å². The number of ether oxygens (including phenoxy) is 1. The quantitative estimate of drug-likeness (QED) is 0.832. The van der Waals surface area contributed by atoms with Crippen molar-refractivity contribution in [3.05, 3.63) is 22.7 Å². The number of carbonyl (C=O) groups is 1. The summed E-state index contributed by atoms with van der Waals surface area (Å²) in [5.41, 5.74) is 7.48. The Morgan fingerprint density at radius 3 is 2.82 bits per heavy atom. The Hall–Kier alpha value is -1.62. The Kier molecular flexibility index (Phi) is 3.02. The Morgan fingerprint density at radius 1 is 1.53 bits per heavy atom. The van der Waals surface area contributed by atoms with Crippen LogP contribution in [-0.4, -0.2) is 17.1 Å². The van der Waals surface area contributed by atoms with Crippen LogP contribution in [0.2, 0.25) is 0 Å². The van der Waals surface area contributed by atoms with E-state index in [1.54, 1.807) is 6.20 Å². The standard InChI is InChI=1S/C12H14N2O2S/c1-6(2)16-12(15)10-9(13)8-7(3)4-5-14-11(8)17-10/h4-6H,13H2,1-3H3. The lowest BCUT2D eigenvalue weighted by molar-refractivity contribution is 0.0385. The second-order valence-corrected chi connectivity index (χ2v) is 5.11. The third kappa shape index (κ3) is 2.10. The molecule has 2 N–H and O–H groups in total. The number of carbonyl (C=O) groups excluding carboxylic acids is 1. The number of aromatic nitrogens is 1. The number of aryl methyl sites for hydroxylation is 1. The van der Waals surface area contributed by atoms with Crippen molar-refractivity contribution < 1.29 is 9.53 Å². The Bertz CT molecular complexity index is 575. The van der Waals surface area contributed by atoms with Gasteiger partial charge in [0.15, 0.2) is 0 Å². The van der Waals surface area contributed by atoms with Crippen LogP contribution >= 0.6 is 11.3 Å². The SMILES string of the molecule is Cc1ccnc2sc(C(=O)OC(C)C)c(N)c12. The highest BCUT2D eigenvalue weighted by Gasteiger charge is 2.20. The van der Waals surface area contributed by atoms with Crippen molar-refractivity contribution in [1.82, 2.24) is 4.98 Å². The molecule has 0 saturated heterocycles. The number of thiophene rings is 1. The fraction of sp³-hybridized carbons (Fsp3) is 0.333. The molecule has 0 atom stereocenters. The zero-order valence-electron chi connectivity index (χ0n) is 9.98. The van der Waals surface area contributed by atoms with Gasteiger partial charge < -0.3 is 10.5 Å². The molecule has 0 bridgehead atoms. The summed E-state index contributed by atoms with van der Waals surface area (Å²) < 4.78 is 5.15. The number of fused-ring (bicyclic) bond motifs is 1. The number of hydrogen-bond donors (Lipinski definition) is 1. The molecule has 17 heavy (non-hydrogen) atoms. The van der Waals surface area contributed by atoms with Crippen LogP contribution in [0.1, 0.15) is 29.1 Å². The fourth-order valence-electron chi connectivity index (χ4n) is 1.62. The third-order valence-electron chi connectivity index (χ3n) is 2.37. The summed E-state index contributed by atoms with van der Waals surface area (Å²) in [5, 5.41) is 0.855. The first-order chi connectivity index (χ1) is 8.00. The lowest BCUT2D eigenvalue weighted by Crippen LogP contribution is -2.11. The molecule has 0 fully saturated rings. The zero-order valence-corrected chi connectivity index (χ0v) is 10.8. The lowest BCUT2D eigenvalue weighted by Gasteiger charge is -2.06. The van der Waals surface area contributed by atoms with E-state index in [1.165, 1.54) is 11.3 Å². The van der Waals surface area contributed by atoms with E-state index in [0.29, 0.717) is 10.6 Å². The summed E-state index contributed by atoms with van der Waals surface area (Å²) in [4.78, 5) is 17.3. The summed E-state index contributed by atoms with van der Waals surface area (Å²) >= 11 is 1.28. The van der Waals surface area contributed by atoms with Crippen LogP contribution in [0.4, 0.5) is 5.69 Å². The second-order valence-electron chi connectivity index (χ2n) is 4.11. The molecule has 2 heterocycles. The number of nitrogens with zero attached hydrogens (tertiary/aromatic N) is 1. The Labute approximate surface area is 103 Å². The highest BCUT2D eigenvalue weighted by atomic mass is 32.1. The molecule has 0 unspecified atom stereocenters. The molecule has 0 radical (unpaired) electrons. The number of pyridine rings is 1. The lowest BCUT2D eigenvalue weighted by atomic mass is 10.2. The minimum absolute atomic E-state index is 0.152. The minimum Gasteiger partial charge on any atom is -0.459 e. The molecule has 2 rings (SSSR count). The van der Waals surface area contributed by atoms with Crippen molar-refractivity contribution in [1.29, 1.82) is 0 Å². The van der Waals surface area contributed by atoms with Crippen LogP contribution in [0.3, 0.4) is 0 Å². The highest BCUT2D eigenvalue weighted by molar-refractivity contribution is 7.21. The number of hydrogen-bond acceptors (Lipinski definition) is 5. The van der Waals surface area contributed by atoms with Crippen LogP contribution in [0.25, 0.3) is 10.2 Å². The summed E-state index contributed by atoms with van der Waals surface area (Å²) in [6.07, 6.45) is 1.56. The van der Waals surface area contributed by atoms with Crippen LogP contribution in [0.5, 0.6) is 0 Å². The predicted molar refractivity (Wildman–Crippen MR) is 69.3 cm³/mol. The fourth-order valence-corrected chi connectivity index (χ4v) is 2.65. The van der Waals surface area contributed by atoms with Crippen molar-refractivity contribution in [2.45, 2.75) is 26.9 Å². The maximum Gasteiger partial charge on any atom is 0.350 e. The van der Waals surface area contributed by atoms with Gasteiger partial charge in [0, 0.05) is 11.6 Å². The monoisotopic (exact) mass is 250 g/mol. The van der Waals surface area contributed by atoms with E-state index in [2.05, 4.69) is 4.98 Å². The van der Waals surface area contributed by atoms with E-state index in [1.807, 2.05) is 26.8 Å². The predicted octanol–water partition coefficient (Wildman–Crippen LogP) is 2.75. The zero-order chi connectivity index (χ0) is 12.6. The van der Waals surface area contributed by atoms with E-state index >= 15 is 0 Å². The van der Waals surface area contributed by atoms with Gasteiger partial charge in [0.1, 0.15) is 9.71 Å². The van der Waals surface area contributed by atoms with Crippen molar-refractivity contribution in [3.63, 3.8) is 0 Å². The molecule has 0 aliphatic carbocycles. The normalized spacial score (nSPS) is 11.1. The number of esters is 1. The maximum atomic E-state index is 11.8. The molecule has 2 aromatic heterocycles. The van der Waals surface area contributed by atoms with Crippen molar-refractivity contribution in [3.8, 4) is 0 Å². The summed E-state index contributed by atoms with van der Waals surface area (Å²) in [6.45, 7) is 5.57. The van der Waals surface area contributed by atoms with Crippen molar-refractivity contribution >= 4 is 33.2 Å². The first kappa shape index (κ1) is 11.9. The van der Waals surface area contributed by atoms with E-state index in [0.717, 1.165) is 15.8 Å². The maximum absolute atomic E-state index is 11.8. The van der Waals surface area contributed by atoms with Gasteiger partial charge in [-0.3, -0.25) is 0 Å². The first-order valence-corrected chi connectivity index (χ1v) is 6.17. The summed E-state index contributed by atoms with van der Waals surface area (Å²) in [7, 11) is 0. The van der Waals surface area contributed by atoms with Crippen molar-refractivity contribution in [2.24, 2.45) is 0 Å². The minimum atomic E-state index is -0.375. The first-order valence-electron chi connectivity index (χ1n) is 5.35. The van der Waals surface area contributed by atoms with Crippen LogP contribution < -0.4 is 5.73 Å². The smallest absolute Gasteiger partial charge is 0.350 e. The van der Waals surface area contributed by atoms with Gasteiger partial charge in [0.25, 0.3) is 0 Å². The average Bonchev–Trinajstić information content (AvgIpc) is 2.56. The van der Waals surface area contributed by atoms with E-state index < -0.39 is 0 Å². The van der Waals surface area contributed by atoms with Crippen LogP contribution in [0.15, 0.2) is 12.3 Å². The van der Waals surface area contributed by atoms with Crippen molar-refractivity contribution in [2.75, 3.05) is 5.73 Å². The topological polar surface area (TPSA) is 65.2 Å². The van der Waals surface area contributed by atoms with Crippen LogP contribution in [0, 0.1) is 6.92 Å². The van der Waals surface area contributed by atoms with Gasteiger partial charge in [-0.1, -0.05) is 0 Å². The van der Waals surface area contributed by atoms with E-state index in [4.69, 9.17) is 10.5 Å². The van der Waals surface area contributed by atoms with Gasteiger partial charge in [-0.25, -0.2) is 9.78 Å². The third-order valence-corrected chi connectivity index (χ3v) is 3.46. The Balaban J connectivity index is 2.53. The van der Waals surface area contributed by atoms with Gasteiger partial charge in [-0.2, -0.15) is 0 Å². The van der Waals surface area contributed by atoms with E-state index in [-0.39, 0.29) is 12.1 Å². The number of anilines is 1. The molecule has 90 valence electrons. The van der Waals surface area contributed by atoms with Gasteiger partial charge in [0.05, 0.1) is 11.8 Å². The van der Waals surface area contributed by atoms with Gasteiger partial charge in [0.2, 0.25) is 0 Å². The highest BCUT2D eigenvalue weighted by Crippen LogP contribution is 2.34. The number of nitrogens with two attached hydrogens (primary N) is 1. The largest absolute Gasteiger partial charge is 0.459 e. The molecule has 2 aromatic rings. The molecule has 0 amide bonds. The summed E-state index contributed by atoms with van der Waals surface area (Å²) in [5.74, 6) is -0.375. The number of rotatable bonds is 2.